The van der Waals surface area contributed by atoms with Gasteiger partial charge in [0.25, 0.3) is 0 Å². The zero-order valence-corrected chi connectivity index (χ0v) is 13.4. The maximum absolute atomic E-state index is 8.90. The van der Waals surface area contributed by atoms with Crippen LogP contribution in [-0.4, -0.2) is 25.6 Å². The van der Waals surface area contributed by atoms with Crippen molar-refractivity contribution in [2.45, 2.75) is 72.2 Å². The lowest BCUT2D eigenvalue weighted by Gasteiger charge is -2.23. The fourth-order valence-electron chi connectivity index (χ4n) is 1.42. The Bertz CT molecular complexity index is 287. The predicted molar refractivity (Wildman–Crippen MR) is 80.0 cm³/mol. The molecular weight excluding hydrogens is 254 g/mol. The van der Waals surface area contributed by atoms with Crippen LogP contribution in [0.25, 0.3) is 0 Å². The van der Waals surface area contributed by atoms with Gasteiger partial charge in [-0.1, -0.05) is 33.6 Å². The minimum atomic E-state index is -0.568. The molecule has 0 radical (unpaired) electrons. The van der Waals surface area contributed by atoms with Gasteiger partial charge in [-0.05, 0) is 26.2 Å². The highest BCUT2D eigenvalue weighted by Crippen LogP contribution is 2.15. The Hall–Kier alpha value is -1.05. The molecule has 0 N–H and O–H groups in total. The summed E-state index contributed by atoms with van der Waals surface area (Å²) in [5, 5.41) is 8.90. The second kappa shape index (κ2) is 13.0. The summed E-state index contributed by atoms with van der Waals surface area (Å²) >= 11 is 0. The van der Waals surface area contributed by atoms with Crippen molar-refractivity contribution in [3.05, 3.63) is 11.8 Å². The third-order valence-electron chi connectivity index (χ3n) is 2.89. The summed E-state index contributed by atoms with van der Waals surface area (Å²) in [7, 11) is 0. The van der Waals surface area contributed by atoms with Gasteiger partial charge in [-0.3, -0.25) is 0 Å². The minimum absolute atomic E-state index is 0.0432. The van der Waals surface area contributed by atoms with Crippen molar-refractivity contribution in [3.63, 3.8) is 0 Å². The number of nitrogens with zero attached hydrogens (tertiary/aromatic N) is 1. The lowest BCUT2D eigenvalue weighted by atomic mass is 10.3. The van der Waals surface area contributed by atoms with Crippen LogP contribution < -0.4 is 0 Å². The maximum atomic E-state index is 8.90. The molecule has 0 saturated carbocycles. The first-order valence-corrected chi connectivity index (χ1v) is 7.69. The van der Waals surface area contributed by atoms with Crippen molar-refractivity contribution < 1.29 is 14.2 Å². The summed E-state index contributed by atoms with van der Waals surface area (Å²) in [6.07, 6.45) is 5.79. The SMILES string of the molecule is CCCCOC(OCCCC)C(=CC#N)OC(C)CC. The molecule has 20 heavy (non-hydrogen) atoms. The first-order chi connectivity index (χ1) is 9.69. The quantitative estimate of drug-likeness (QED) is 0.233. The Labute approximate surface area is 123 Å². The number of hydrogen-bond donors (Lipinski definition) is 0. The molecule has 4 heteroatoms. The average molecular weight is 283 g/mol. The highest BCUT2D eigenvalue weighted by Gasteiger charge is 2.19. The van der Waals surface area contributed by atoms with E-state index >= 15 is 0 Å². The molecule has 0 aliphatic rings. The van der Waals surface area contributed by atoms with E-state index < -0.39 is 6.29 Å². The molecule has 0 aromatic rings. The van der Waals surface area contributed by atoms with Crippen molar-refractivity contribution in [2.75, 3.05) is 13.2 Å². The fourth-order valence-corrected chi connectivity index (χ4v) is 1.42. The van der Waals surface area contributed by atoms with E-state index in [0.717, 1.165) is 32.1 Å². The molecule has 1 atom stereocenters. The van der Waals surface area contributed by atoms with Gasteiger partial charge in [0.05, 0.1) is 31.5 Å². The Morgan fingerprint density at radius 1 is 1.10 bits per heavy atom. The number of allylic oxidation sites excluding steroid dienone is 1. The van der Waals surface area contributed by atoms with E-state index in [1.165, 1.54) is 6.08 Å². The molecule has 116 valence electrons. The van der Waals surface area contributed by atoms with Gasteiger partial charge in [0.15, 0.2) is 5.76 Å². The van der Waals surface area contributed by atoms with Crippen LogP contribution in [0.1, 0.15) is 59.8 Å². The van der Waals surface area contributed by atoms with Gasteiger partial charge in [-0.25, -0.2) is 0 Å². The standard InChI is InChI=1S/C16H29NO3/c1-5-8-12-18-16(19-13-9-6-2)15(10-11-17)20-14(4)7-3/h10,14,16H,5-9,12-13H2,1-4H3. The smallest absolute Gasteiger partial charge is 0.217 e. The highest BCUT2D eigenvalue weighted by atomic mass is 16.7. The fraction of sp³-hybridized carbons (Fsp3) is 0.812. The molecule has 0 rings (SSSR count). The Morgan fingerprint density at radius 2 is 1.65 bits per heavy atom. The van der Waals surface area contributed by atoms with E-state index in [1.54, 1.807) is 0 Å². The van der Waals surface area contributed by atoms with E-state index in [-0.39, 0.29) is 6.10 Å². The van der Waals surface area contributed by atoms with Crippen LogP contribution in [0.4, 0.5) is 0 Å². The number of hydrogen-bond acceptors (Lipinski definition) is 4. The molecule has 0 aliphatic carbocycles. The molecule has 0 bridgehead atoms. The van der Waals surface area contributed by atoms with Gasteiger partial charge in [0.1, 0.15) is 0 Å². The third kappa shape index (κ3) is 8.95. The minimum Gasteiger partial charge on any atom is -0.489 e. The topological polar surface area (TPSA) is 51.5 Å². The molecule has 0 spiro atoms. The maximum Gasteiger partial charge on any atom is 0.217 e. The van der Waals surface area contributed by atoms with Gasteiger partial charge in [-0.2, -0.15) is 5.26 Å². The molecule has 1 unspecified atom stereocenters. The summed E-state index contributed by atoms with van der Waals surface area (Å²) in [5.74, 6) is 0.481. The third-order valence-corrected chi connectivity index (χ3v) is 2.89. The highest BCUT2D eigenvalue weighted by molar-refractivity contribution is 5.10. The van der Waals surface area contributed by atoms with Crippen LogP contribution in [0.15, 0.2) is 11.8 Å². The van der Waals surface area contributed by atoms with Crippen LogP contribution in [0.2, 0.25) is 0 Å². The largest absolute Gasteiger partial charge is 0.489 e. The molecule has 0 aliphatic heterocycles. The molecule has 0 saturated heterocycles. The predicted octanol–water partition coefficient (Wildman–Crippen LogP) is 4.17. The van der Waals surface area contributed by atoms with Crippen LogP contribution in [0.5, 0.6) is 0 Å². The van der Waals surface area contributed by atoms with Crippen LogP contribution in [0.3, 0.4) is 0 Å². The molecule has 0 aromatic heterocycles. The van der Waals surface area contributed by atoms with Crippen molar-refractivity contribution in [1.29, 1.82) is 5.26 Å². The zero-order valence-electron chi connectivity index (χ0n) is 13.4. The Morgan fingerprint density at radius 3 is 2.05 bits per heavy atom. The summed E-state index contributed by atoms with van der Waals surface area (Å²) in [4.78, 5) is 0. The van der Waals surface area contributed by atoms with Crippen molar-refractivity contribution in [3.8, 4) is 6.07 Å². The van der Waals surface area contributed by atoms with Crippen LogP contribution >= 0.6 is 0 Å². The average Bonchev–Trinajstić information content (AvgIpc) is 2.45. The van der Waals surface area contributed by atoms with Gasteiger partial charge in [0, 0.05) is 0 Å². The van der Waals surface area contributed by atoms with Gasteiger partial charge < -0.3 is 14.2 Å². The number of nitriles is 1. The van der Waals surface area contributed by atoms with Gasteiger partial charge in [-0.15, -0.1) is 0 Å². The molecular formula is C16H29NO3. The zero-order chi connectivity index (χ0) is 15.2. The van der Waals surface area contributed by atoms with Crippen molar-refractivity contribution >= 4 is 0 Å². The Balaban J connectivity index is 4.62. The number of ether oxygens (including phenoxy) is 3. The molecule has 0 amide bonds. The first kappa shape index (κ1) is 18.9. The van der Waals surface area contributed by atoms with Gasteiger partial charge in [0.2, 0.25) is 6.29 Å². The molecule has 0 fully saturated rings. The monoisotopic (exact) mass is 283 g/mol. The van der Waals surface area contributed by atoms with Crippen molar-refractivity contribution in [1.82, 2.24) is 0 Å². The lowest BCUT2D eigenvalue weighted by molar-refractivity contribution is -0.148. The second-order valence-corrected chi connectivity index (χ2v) is 4.79. The van der Waals surface area contributed by atoms with E-state index in [1.807, 2.05) is 19.9 Å². The van der Waals surface area contributed by atoms with E-state index in [0.29, 0.717) is 19.0 Å². The number of unbranched alkanes of at least 4 members (excludes halogenated alkanes) is 2. The molecule has 4 nitrogen and oxygen atoms in total. The van der Waals surface area contributed by atoms with Gasteiger partial charge >= 0.3 is 0 Å². The van der Waals surface area contributed by atoms with Crippen LogP contribution in [0, 0.1) is 11.3 Å². The van der Waals surface area contributed by atoms with Crippen molar-refractivity contribution in [2.24, 2.45) is 0 Å². The molecule has 0 heterocycles. The summed E-state index contributed by atoms with van der Waals surface area (Å²) in [5.41, 5.74) is 0. The van der Waals surface area contributed by atoms with E-state index in [4.69, 9.17) is 19.5 Å². The van der Waals surface area contributed by atoms with Crippen LogP contribution in [-0.2, 0) is 14.2 Å². The summed E-state index contributed by atoms with van der Waals surface area (Å²) in [6.45, 7) is 9.45. The molecule has 0 aromatic carbocycles. The van der Waals surface area contributed by atoms with E-state index in [9.17, 15) is 0 Å². The Kier molecular flexibility index (Phi) is 12.3. The first-order valence-electron chi connectivity index (χ1n) is 7.69. The summed E-state index contributed by atoms with van der Waals surface area (Å²) < 4.78 is 17.2. The number of rotatable bonds is 12. The second-order valence-electron chi connectivity index (χ2n) is 4.79. The van der Waals surface area contributed by atoms with E-state index in [2.05, 4.69) is 13.8 Å². The normalized spacial score (nSPS) is 13.3. The lowest BCUT2D eigenvalue weighted by Crippen LogP contribution is -2.25. The summed E-state index contributed by atoms with van der Waals surface area (Å²) in [6, 6.07) is 2.01.